The average molecular weight is 248 g/mol. The minimum absolute atomic E-state index is 0.382. The second-order valence-corrected chi connectivity index (χ2v) is 4.47. The van der Waals surface area contributed by atoms with Gasteiger partial charge in [-0.3, -0.25) is 11.3 Å². The number of nitrogens with one attached hydrogen (secondary N) is 1. The van der Waals surface area contributed by atoms with Crippen LogP contribution in [0.1, 0.15) is 31.2 Å². The van der Waals surface area contributed by atoms with Gasteiger partial charge in [0.2, 0.25) is 0 Å². The molecule has 0 amide bonds. The van der Waals surface area contributed by atoms with Crippen LogP contribution < -0.4 is 16.0 Å². The lowest BCUT2D eigenvalue weighted by Gasteiger charge is -2.15. The molecule has 0 radical (unpaired) electrons. The highest BCUT2D eigenvalue weighted by atomic mass is 16.5. The first kappa shape index (κ1) is 14.7. The molecule has 3 N–H and O–H groups in total. The number of hydrazine groups is 1. The van der Waals surface area contributed by atoms with Gasteiger partial charge in [-0.1, -0.05) is 18.2 Å². The molecule has 0 saturated carbocycles. The van der Waals surface area contributed by atoms with Gasteiger partial charge in [-0.25, -0.2) is 0 Å². The molecule has 1 aromatic carbocycles. The summed E-state index contributed by atoms with van der Waals surface area (Å²) in [4.78, 5) is 0. The van der Waals surface area contributed by atoms with Gasteiger partial charge in [-0.05, 0) is 49.8 Å². The fourth-order valence-electron chi connectivity index (χ4n) is 1.95. The number of ether oxygens (including phenoxy) is 1. The van der Waals surface area contributed by atoms with Crippen molar-refractivity contribution in [2.24, 2.45) is 5.84 Å². The van der Waals surface area contributed by atoms with Crippen molar-refractivity contribution in [3.8, 4) is 5.75 Å². The molecule has 1 aromatic rings. The van der Waals surface area contributed by atoms with E-state index < -0.39 is 0 Å². The molecule has 0 heterocycles. The first-order valence-corrected chi connectivity index (χ1v) is 6.50. The predicted octanol–water partition coefficient (Wildman–Crippen LogP) is 2.82. The largest absolute Gasteiger partial charge is 0.497 e. The van der Waals surface area contributed by atoms with Gasteiger partial charge in [-0.2, -0.15) is 0 Å². The van der Waals surface area contributed by atoms with Gasteiger partial charge < -0.3 is 4.74 Å². The molecule has 1 atom stereocenters. The highest BCUT2D eigenvalue weighted by Gasteiger charge is 2.06. The summed E-state index contributed by atoms with van der Waals surface area (Å²) >= 11 is 0. The fraction of sp³-hybridized carbons (Fsp3) is 0.467. The Bertz CT molecular complexity index is 335. The third-order valence-electron chi connectivity index (χ3n) is 3.14. The number of hydrogen-bond acceptors (Lipinski definition) is 3. The molecular formula is C15H24N2O. The van der Waals surface area contributed by atoms with Crippen LogP contribution in [0.15, 0.2) is 36.9 Å². The normalized spacial score (nSPS) is 12.1. The van der Waals surface area contributed by atoms with Crippen molar-refractivity contribution in [1.82, 2.24) is 5.43 Å². The molecule has 1 rings (SSSR count). The van der Waals surface area contributed by atoms with Gasteiger partial charge in [0.25, 0.3) is 0 Å². The Hall–Kier alpha value is -1.32. The number of methoxy groups -OCH3 is 1. The number of allylic oxidation sites excluding steroid dienone is 1. The van der Waals surface area contributed by atoms with E-state index in [1.54, 1.807) is 7.11 Å². The van der Waals surface area contributed by atoms with Crippen LogP contribution in [0.2, 0.25) is 0 Å². The molecule has 0 aliphatic carbocycles. The fourth-order valence-corrected chi connectivity index (χ4v) is 1.95. The van der Waals surface area contributed by atoms with Gasteiger partial charge in [0.1, 0.15) is 5.75 Å². The summed E-state index contributed by atoms with van der Waals surface area (Å²) in [5, 5.41) is 0. The summed E-state index contributed by atoms with van der Waals surface area (Å²) in [6.07, 6.45) is 7.34. The molecule has 100 valence electrons. The smallest absolute Gasteiger partial charge is 0.118 e. The predicted molar refractivity (Wildman–Crippen MR) is 76.5 cm³/mol. The number of nitrogens with two attached hydrogens (primary N) is 1. The summed E-state index contributed by atoms with van der Waals surface area (Å²) in [5.74, 6) is 6.47. The molecule has 0 spiro atoms. The molecule has 0 aromatic heterocycles. The Labute approximate surface area is 110 Å². The quantitative estimate of drug-likeness (QED) is 0.306. The summed E-state index contributed by atoms with van der Waals surface area (Å²) in [5.41, 5.74) is 4.21. The molecule has 0 aliphatic heterocycles. The van der Waals surface area contributed by atoms with Crippen LogP contribution in [0.5, 0.6) is 5.75 Å². The number of aryl methyl sites for hydroxylation is 1. The van der Waals surface area contributed by atoms with E-state index in [4.69, 9.17) is 10.6 Å². The lowest BCUT2D eigenvalue weighted by Crippen LogP contribution is -2.35. The van der Waals surface area contributed by atoms with E-state index in [1.807, 2.05) is 18.2 Å². The average Bonchev–Trinajstić information content (AvgIpc) is 2.43. The van der Waals surface area contributed by atoms with Crippen molar-refractivity contribution in [3.05, 3.63) is 42.5 Å². The van der Waals surface area contributed by atoms with Crippen LogP contribution in [-0.2, 0) is 6.42 Å². The molecule has 0 fully saturated rings. The van der Waals surface area contributed by atoms with Crippen molar-refractivity contribution in [3.63, 3.8) is 0 Å². The topological polar surface area (TPSA) is 47.3 Å². The molecular weight excluding hydrogens is 224 g/mol. The van der Waals surface area contributed by atoms with Crippen LogP contribution in [0.4, 0.5) is 0 Å². The van der Waals surface area contributed by atoms with Gasteiger partial charge in [0.05, 0.1) is 7.11 Å². The van der Waals surface area contributed by atoms with Gasteiger partial charge >= 0.3 is 0 Å². The molecule has 0 saturated heterocycles. The van der Waals surface area contributed by atoms with Crippen LogP contribution in [0.25, 0.3) is 0 Å². The maximum Gasteiger partial charge on any atom is 0.118 e. The van der Waals surface area contributed by atoms with Crippen LogP contribution in [0.3, 0.4) is 0 Å². The standard InChI is InChI=1S/C15H24N2O/c1-3-4-5-6-14(17-16)10-7-13-8-11-15(18-2)12-9-13/h3,8-9,11-12,14,17H,1,4-7,10,16H2,2H3. The molecule has 3 nitrogen and oxygen atoms in total. The highest BCUT2D eigenvalue weighted by molar-refractivity contribution is 5.27. The summed E-state index contributed by atoms with van der Waals surface area (Å²) in [6.45, 7) is 3.73. The second-order valence-electron chi connectivity index (χ2n) is 4.47. The summed E-state index contributed by atoms with van der Waals surface area (Å²) in [6, 6.07) is 8.59. The van der Waals surface area contributed by atoms with Crippen LogP contribution >= 0.6 is 0 Å². The number of rotatable bonds is 9. The number of unbranched alkanes of at least 4 members (excludes halogenated alkanes) is 1. The minimum Gasteiger partial charge on any atom is -0.497 e. The lowest BCUT2D eigenvalue weighted by molar-refractivity contribution is 0.414. The van der Waals surface area contributed by atoms with Crippen molar-refractivity contribution < 1.29 is 4.74 Å². The Kier molecular flexibility index (Phi) is 7.14. The summed E-state index contributed by atoms with van der Waals surface area (Å²) in [7, 11) is 1.68. The highest BCUT2D eigenvalue weighted by Crippen LogP contribution is 2.14. The van der Waals surface area contributed by atoms with E-state index in [2.05, 4.69) is 24.1 Å². The second kappa shape index (κ2) is 8.72. The third kappa shape index (κ3) is 5.34. The van der Waals surface area contributed by atoms with E-state index in [0.717, 1.165) is 37.9 Å². The lowest BCUT2D eigenvalue weighted by atomic mass is 10.0. The van der Waals surface area contributed by atoms with Crippen molar-refractivity contribution in [1.29, 1.82) is 0 Å². The van der Waals surface area contributed by atoms with Crippen molar-refractivity contribution >= 4 is 0 Å². The van der Waals surface area contributed by atoms with E-state index in [1.165, 1.54) is 5.56 Å². The van der Waals surface area contributed by atoms with Crippen molar-refractivity contribution in [2.75, 3.05) is 7.11 Å². The van der Waals surface area contributed by atoms with Gasteiger partial charge in [0, 0.05) is 6.04 Å². The first-order chi connectivity index (χ1) is 8.80. The van der Waals surface area contributed by atoms with E-state index in [-0.39, 0.29) is 0 Å². The van der Waals surface area contributed by atoms with Crippen molar-refractivity contribution in [2.45, 2.75) is 38.1 Å². The van der Waals surface area contributed by atoms with E-state index in [0.29, 0.717) is 6.04 Å². The maximum atomic E-state index is 5.57. The minimum atomic E-state index is 0.382. The number of benzene rings is 1. The van der Waals surface area contributed by atoms with E-state index >= 15 is 0 Å². The molecule has 0 bridgehead atoms. The molecule has 1 unspecified atom stereocenters. The SMILES string of the molecule is C=CCCCC(CCc1ccc(OC)cc1)NN. The van der Waals surface area contributed by atoms with Gasteiger partial charge in [0.15, 0.2) is 0 Å². The zero-order chi connectivity index (χ0) is 13.2. The zero-order valence-electron chi connectivity index (χ0n) is 11.2. The molecule has 3 heteroatoms. The molecule has 18 heavy (non-hydrogen) atoms. The zero-order valence-corrected chi connectivity index (χ0v) is 11.2. The maximum absolute atomic E-state index is 5.57. The Morgan fingerprint density at radius 1 is 1.33 bits per heavy atom. The molecule has 0 aliphatic rings. The Balaban J connectivity index is 2.34. The Morgan fingerprint density at radius 3 is 2.61 bits per heavy atom. The van der Waals surface area contributed by atoms with Crippen LogP contribution in [0, 0.1) is 0 Å². The van der Waals surface area contributed by atoms with E-state index in [9.17, 15) is 0 Å². The Morgan fingerprint density at radius 2 is 2.06 bits per heavy atom. The van der Waals surface area contributed by atoms with Gasteiger partial charge in [-0.15, -0.1) is 6.58 Å². The summed E-state index contributed by atoms with van der Waals surface area (Å²) < 4.78 is 5.14. The third-order valence-corrected chi connectivity index (χ3v) is 3.14. The monoisotopic (exact) mass is 248 g/mol. The first-order valence-electron chi connectivity index (χ1n) is 6.50. The number of hydrogen-bond donors (Lipinski definition) is 2. The van der Waals surface area contributed by atoms with Crippen LogP contribution in [-0.4, -0.2) is 13.2 Å².